The van der Waals surface area contributed by atoms with Crippen molar-refractivity contribution in [3.63, 3.8) is 0 Å². The number of halogens is 1. The molecule has 0 fully saturated rings. The van der Waals surface area contributed by atoms with Crippen LogP contribution in [0, 0.1) is 0 Å². The molecule has 0 saturated heterocycles. The molecular formula is C17H16IN2O2-. The number of urea groups is 1. The monoisotopic (exact) mass is 407 g/mol. The van der Waals surface area contributed by atoms with Gasteiger partial charge < -0.3 is 0 Å². The number of carbonyl (C=O) groups excluding carboxylic acids is 2. The molecular weight excluding hydrogens is 391 g/mol. The van der Waals surface area contributed by atoms with E-state index in [0.29, 0.717) is 16.9 Å². The number of Topliss-reactive ketones (excluding diaryl/α,β-unsaturated/α-hetero) is 1. The number of ketones is 1. The van der Waals surface area contributed by atoms with Crippen LogP contribution in [0.2, 0.25) is 0 Å². The number of para-hydroxylation sites is 2. The van der Waals surface area contributed by atoms with Gasteiger partial charge >= 0.3 is 140 Å². The fourth-order valence-corrected chi connectivity index (χ4v) is 4.27. The maximum atomic E-state index is 12.6. The van der Waals surface area contributed by atoms with Crippen LogP contribution in [0.5, 0.6) is 0 Å². The summed E-state index contributed by atoms with van der Waals surface area (Å²) in [5.74, 6) is 0.0300. The second-order valence-electron chi connectivity index (χ2n) is 5.12. The van der Waals surface area contributed by atoms with Gasteiger partial charge in [0.2, 0.25) is 0 Å². The number of hydrogen-bond acceptors (Lipinski definition) is 2. The van der Waals surface area contributed by atoms with E-state index < -0.39 is 6.03 Å². The molecule has 0 bridgehead atoms. The second-order valence-corrected chi connectivity index (χ2v) is 7.40. The number of hydrogen-bond donors (Lipinski definition) is 1. The normalized spacial score (nSPS) is 13.5. The fourth-order valence-electron chi connectivity index (χ4n) is 2.83. The van der Waals surface area contributed by atoms with Crippen LogP contribution in [-0.4, -0.2) is 16.7 Å². The summed E-state index contributed by atoms with van der Waals surface area (Å²) in [5, 5.41) is 0. The van der Waals surface area contributed by atoms with Crippen molar-refractivity contribution in [2.24, 2.45) is 5.73 Å². The predicted octanol–water partition coefficient (Wildman–Crippen LogP) is -0.139. The average molecular weight is 407 g/mol. The zero-order valence-electron chi connectivity index (χ0n) is 12.2. The number of fused-ring (bicyclic) bond motifs is 2. The summed E-state index contributed by atoms with van der Waals surface area (Å²) >= 11 is -0.00918. The molecule has 2 aromatic carbocycles. The van der Waals surface area contributed by atoms with Crippen LogP contribution in [-0.2, 0) is 10.8 Å². The Kier molecular flexibility index (Phi) is 4.15. The van der Waals surface area contributed by atoms with Gasteiger partial charge in [-0.1, -0.05) is 0 Å². The van der Waals surface area contributed by atoms with Crippen molar-refractivity contribution in [1.29, 1.82) is 0 Å². The van der Waals surface area contributed by atoms with Crippen LogP contribution >= 0.6 is 0 Å². The van der Waals surface area contributed by atoms with Crippen molar-refractivity contribution in [1.82, 2.24) is 0 Å². The Bertz CT molecular complexity index is 758. The molecule has 114 valence electrons. The molecule has 0 spiro atoms. The van der Waals surface area contributed by atoms with Gasteiger partial charge in [0.05, 0.1) is 0 Å². The summed E-state index contributed by atoms with van der Waals surface area (Å²) in [7, 11) is 0. The van der Waals surface area contributed by atoms with Crippen molar-refractivity contribution in [3.8, 4) is 0 Å². The van der Waals surface area contributed by atoms with Gasteiger partial charge in [-0.15, -0.1) is 0 Å². The van der Waals surface area contributed by atoms with Crippen LogP contribution in [0.15, 0.2) is 42.5 Å². The third-order valence-corrected chi connectivity index (χ3v) is 5.31. The number of rotatable bonds is 2. The molecule has 0 unspecified atom stereocenters. The van der Waals surface area contributed by atoms with Crippen molar-refractivity contribution in [2.45, 2.75) is 10.8 Å². The van der Waals surface area contributed by atoms with Gasteiger partial charge in [0, 0.05) is 0 Å². The van der Waals surface area contributed by atoms with E-state index in [1.165, 1.54) is 4.90 Å². The minimum atomic E-state index is -0.551. The summed E-state index contributed by atoms with van der Waals surface area (Å²) in [6, 6.07) is 12.6. The van der Waals surface area contributed by atoms with Gasteiger partial charge in [0.1, 0.15) is 0 Å². The molecule has 0 radical (unpaired) electrons. The molecule has 1 aliphatic rings. The van der Waals surface area contributed by atoms with Crippen LogP contribution in [0.25, 0.3) is 0 Å². The van der Waals surface area contributed by atoms with Crippen LogP contribution in [0.1, 0.15) is 21.5 Å². The Morgan fingerprint density at radius 2 is 2.00 bits per heavy atom. The third kappa shape index (κ3) is 2.49. The molecule has 22 heavy (non-hydrogen) atoms. The van der Waals surface area contributed by atoms with E-state index in [0.717, 1.165) is 15.6 Å². The second kappa shape index (κ2) is 6.08. The van der Waals surface area contributed by atoms with Gasteiger partial charge in [0.15, 0.2) is 0 Å². The van der Waals surface area contributed by atoms with Crippen LogP contribution in [0.4, 0.5) is 16.2 Å². The van der Waals surface area contributed by atoms with E-state index in [1.54, 1.807) is 6.07 Å². The topological polar surface area (TPSA) is 63.4 Å². The number of alkyl halides is 2. The number of carbonyl (C=O) groups is 2. The Morgan fingerprint density at radius 1 is 1.23 bits per heavy atom. The van der Waals surface area contributed by atoms with Crippen molar-refractivity contribution in [2.75, 3.05) is 9.83 Å². The van der Waals surface area contributed by atoms with Gasteiger partial charge in [-0.25, -0.2) is 0 Å². The Labute approximate surface area is 139 Å². The molecule has 0 aliphatic carbocycles. The van der Waals surface area contributed by atoms with E-state index in [4.69, 9.17) is 5.73 Å². The first-order chi connectivity index (χ1) is 10.6. The van der Waals surface area contributed by atoms with Gasteiger partial charge in [-0.3, -0.25) is 0 Å². The first-order valence-electron chi connectivity index (χ1n) is 6.89. The average Bonchev–Trinajstić information content (AvgIpc) is 2.62. The molecule has 5 heteroatoms. The molecule has 0 saturated carbocycles. The third-order valence-electron chi connectivity index (χ3n) is 3.73. The summed E-state index contributed by atoms with van der Waals surface area (Å²) in [5.41, 5.74) is 9.49. The van der Waals surface area contributed by atoms with Crippen LogP contribution < -0.4 is 31.8 Å². The number of benzene rings is 2. The number of amides is 2. The van der Waals surface area contributed by atoms with Crippen LogP contribution in [0.3, 0.4) is 0 Å². The summed E-state index contributed by atoms with van der Waals surface area (Å²) < 4.78 is 0.904. The van der Waals surface area contributed by atoms with E-state index >= 15 is 0 Å². The first-order valence-corrected chi connectivity index (χ1v) is 10.6. The Morgan fingerprint density at radius 3 is 2.73 bits per heavy atom. The molecule has 0 atom stereocenters. The van der Waals surface area contributed by atoms with E-state index in [2.05, 4.69) is 4.93 Å². The zero-order chi connectivity index (χ0) is 15.7. The van der Waals surface area contributed by atoms with Crippen molar-refractivity contribution in [3.05, 3.63) is 59.2 Å². The van der Waals surface area contributed by atoms with E-state index in [-0.39, 0.29) is 33.4 Å². The molecule has 2 N–H and O–H groups in total. The number of nitrogens with zero attached hydrogens (tertiary/aromatic N) is 1. The molecule has 0 aromatic heterocycles. The molecule has 1 aliphatic heterocycles. The molecule has 4 nitrogen and oxygen atoms in total. The SMILES string of the molecule is C[I-]Cc1cccc2c1N(C(N)=O)c1ccccc1CC2=O. The Hall–Kier alpha value is -1.89. The number of nitrogens with two attached hydrogens (primary N) is 1. The summed E-state index contributed by atoms with van der Waals surface area (Å²) in [4.78, 5) is 28.4. The quantitative estimate of drug-likeness (QED) is 0.557. The van der Waals surface area contributed by atoms with Crippen molar-refractivity contribution >= 4 is 23.2 Å². The maximum absolute atomic E-state index is 12.6. The zero-order valence-corrected chi connectivity index (χ0v) is 14.3. The first kappa shape index (κ1) is 15.0. The molecule has 1 heterocycles. The molecule has 2 aromatic rings. The standard InChI is InChI=1S/C17H16IN2O2/c1-18-10-12-6-4-7-13-15(21)9-11-5-2-3-8-14(11)20(16(12)13)17(19)22/h2-8H,9-10H2,1H3,(H2,19,22)/q-1. The number of primary amides is 1. The summed E-state index contributed by atoms with van der Waals surface area (Å²) in [6.45, 7) is 0. The summed E-state index contributed by atoms with van der Waals surface area (Å²) in [6.07, 6.45) is 0.289. The van der Waals surface area contributed by atoms with Gasteiger partial charge in [0.25, 0.3) is 0 Å². The van der Waals surface area contributed by atoms with E-state index in [1.807, 2.05) is 36.4 Å². The fraction of sp³-hybridized carbons (Fsp3) is 0.176. The minimum absolute atomic E-state index is 0.00918. The molecule has 3 rings (SSSR count). The van der Waals surface area contributed by atoms with Crippen molar-refractivity contribution < 1.29 is 30.8 Å². The van der Waals surface area contributed by atoms with Gasteiger partial charge in [-0.2, -0.15) is 0 Å². The Balaban J connectivity index is 2.32. The van der Waals surface area contributed by atoms with Gasteiger partial charge in [-0.05, 0) is 0 Å². The predicted molar refractivity (Wildman–Crippen MR) is 82.3 cm³/mol. The molecule has 2 amide bonds. The number of anilines is 2. The van der Waals surface area contributed by atoms with E-state index in [9.17, 15) is 9.59 Å².